The number of carbonyl (C=O) groups excluding carboxylic acids is 2. The van der Waals surface area contributed by atoms with Gasteiger partial charge in [0.2, 0.25) is 5.91 Å². The molecule has 3 N–H and O–H groups in total. The maximum absolute atomic E-state index is 14.9. The molecule has 0 unspecified atom stereocenters. The molecule has 216 valence electrons. The summed E-state index contributed by atoms with van der Waals surface area (Å²) >= 11 is 0. The van der Waals surface area contributed by atoms with E-state index in [2.05, 4.69) is 26.5 Å². The smallest absolute Gasteiger partial charge is 0.365 e. The fraction of sp³-hybridized carbons (Fsp3) is 0.444. The molecule has 0 spiro atoms. The molecule has 41 heavy (non-hydrogen) atoms. The van der Waals surface area contributed by atoms with Crippen molar-refractivity contribution in [2.24, 2.45) is 11.7 Å². The van der Waals surface area contributed by atoms with Crippen LogP contribution in [0.1, 0.15) is 48.0 Å². The molecule has 2 aromatic heterocycles. The SMILES string of the molecule is N#CCC1(n2cc(C(N)=O)c(NC(=O)C3CC3)n2)CCN(Cc2ccc(-c3ccn(CC(F)(F)F)n3)c(F)c2)CC1. The van der Waals surface area contributed by atoms with Gasteiger partial charge >= 0.3 is 6.18 Å². The molecule has 1 saturated heterocycles. The van der Waals surface area contributed by atoms with Gasteiger partial charge in [-0.1, -0.05) is 6.07 Å². The Balaban J connectivity index is 1.26. The van der Waals surface area contributed by atoms with Crippen molar-refractivity contribution in [2.75, 3.05) is 18.4 Å². The molecule has 0 radical (unpaired) electrons. The van der Waals surface area contributed by atoms with Crippen LogP contribution >= 0.6 is 0 Å². The molecule has 1 aliphatic heterocycles. The van der Waals surface area contributed by atoms with E-state index in [1.165, 1.54) is 24.4 Å². The number of rotatable bonds is 9. The predicted octanol–water partition coefficient (Wildman–Crippen LogP) is 3.80. The van der Waals surface area contributed by atoms with E-state index in [4.69, 9.17) is 5.73 Å². The van der Waals surface area contributed by atoms with Gasteiger partial charge in [0.25, 0.3) is 5.91 Å². The number of likely N-dealkylation sites (tertiary alicyclic amines) is 1. The summed E-state index contributed by atoms with van der Waals surface area (Å²) in [4.78, 5) is 26.4. The largest absolute Gasteiger partial charge is 0.408 e. The molecule has 0 atom stereocenters. The minimum absolute atomic E-state index is 0.0811. The second-order valence-corrected chi connectivity index (χ2v) is 10.6. The summed E-state index contributed by atoms with van der Waals surface area (Å²) in [6, 6.07) is 8.10. The van der Waals surface area contributed by atoms with Gasteiger partial charge in [-0.15, -0.1) is 0 Å². The summed E-state index contributed by atoms with van der Waals surface area (Å²) in [6.45, 7) is 0.245. The van der Waals surface area contributed by atoms with Crippen LogP contribution in [0.25, 0.3) is 11.3 Å². The number of alkyl halides is 3. The first-order valence-electron chi connectivity index (χ1n) is 13.2. The van der Waals surface area contributed by atoms with E-state index in [1.807, 2.05) is 0 Å². The van der Waals surface area contributed by atoms with Gasteiger partial charge in [0.05, 0.1) is 23.7 Å². The molecule has 10 nitrogen and oxygen atoms in total. The standard InChI is InChI=1S/C27H28F4N8O2/c28-21-13-17(1-4-19(21)22-5-10-38(35-22)16-27(29,30)31)14-37-11-7-26(6-9-32,8-12-37)39-15-20(23(33)40)24(36-39)34-25(41)18-2-3-18/h1,4-5,10,13,15,18H,2-3,6-8,11-12,14,16H2,(H2,33,40)(H,34,36,41). The Morgan fingerprint density at radius 2 is 1.90 bits per heavy atom. The summed E-state index contributed by atoms with van der Waals surface area (Å²) in [7, 11) is 0. The van der Waals surface area contributed by atoms with E-state index >= 15 is 0 Å². The van der Waals surface area contributed by atoms with Gasteiger partial charge in [-0.25, -0.2) is 4.39 Å². The van der Waals surface area contributed by atoms with Crippen LogP contribution in [0.4, 0.5) is 23.4 Å². The van der Waals surface area contributed by atoms with E-state index in [0.29, 0.717) is 38.0 Å². The maximum atomic E-state index is 14.9. The lowest BCUT2D eigenvalue weighted by molar-refractivity contribution is -0.142. The number of nitriles is 1. The van der Waals surface area contributed by atoms with Crippen LogP contribution in [0, 0.1) is 23.1 Å². The zero-order chi connectivity index (χ0) is 29.4. The summed E-state index contributed by atoms with van der Waals surface area (Å²) in [5.74, 6) is -1.54. The number of piperidine rings is 1. The van der Waals surface area contributed by atoms with Gasteiger partial charge < -0.3 is 11.1 Å². The van der Waals surface area contributed by atoms with Crippen LogP contribution in [0.5, 0.6) is 0 Å². The molecule has 14 heteroatoms. The summed E-state index contributed by atoms with van der Waals surface area (Å²) in [6.07, 6.45) is 0.926. The molecule has 3 heterocycles. The van der Waals surface area contributed by atoms with Gasteiger partial charge in [0.1, 0.15) is 17.9 Å². The third-order valence-electron chi connectivity index (χ3n) is 7.55. The number of primary amides is 1. The Kier molecular flexibility index (Phi) is 7.56. The van der Waals surface area contributed by atoms with E-state index in [1.54, 1.807) is 10.7 Å². The van der Waals surface area contributed by atoms with Crippen molar-refractivity contribution in [3.63, 3.8) is 0 Å². The van der Waals surface area contributed by atoms with Crippen molar-refractivity contribution in [1.82, 2.24) is 24.5 Å². The van der Waals surface area contributed by atoms with E-state index in [-0.39, 0.29) is 40.9 Å². The topological polar surface area (TPSA) is 135 Å². The Morgan fingerprint density at radius 1 is 1.17 bits per heavy atom. The zero-order valence-electron chi connectivity index (χ0n) is 22.0. The molecule has 2 amide bonds. The van der Waals surface area contributed by atoms with E-state index in [0.717, 1.165) is 23.7 Å². The van der Waals surface area contributed by atoms with E-state index < -0.39 is 30.0 Å². The Bertz CT molecular complexity index is 1490. The van der Waals surface area contributed by atoms with Crippen molar-refractivity contribution < 1.29 is 27.2 Å². The van der Waals surface area contributed by atoms with Crippen LogP contribution < -0.4 is 11.1 Å². The second kappa shape index (κ2) is 11.0. The lowest BCUT2D eigenvalue weighted by Crippen LogP contribution is -2.46. The first-order chi connectivity index (χ1) is 19.5. The number of aromatic nitrogens is 4. The summed E-state index contributed by atoms with van der Waals surface area (Å²) in [5.41, 5.74) is 5.79. The van der Waals surface area contributed by atoms with Crippen molar-refractivity contribution >= 4 is 17.6 Å². The van der Waals surface area contributed by atoms with Crippen molar-refractivity contribution in [2.45, 2.75) is 56.9 Å². The van der Waals surface area contributed by atoms with Crippen LogP contribution in [0.15, 0.2) is 36.7 Å². The quantitative estimate of drug-likeness (QED) is 0.375. The Morgan fingerprint density at radius 3 is 2.51 bits per heavy atom. The lowest BCUT2D eigenvalue weighted by Gasteiger charge is -2.40. The number of hydrogen-bond donors (Lipinski definition) is 2. The average molecular weight is 573 g/mol. The van der Waals surface area contributed by atoms with Gasteiger partial charge in [-0.05, 0) is 49.4 Å². The minimum atomic E-state index is -4.43. The molecule has 5 rings (SSSR count). The molecular weight excluding hydrogens is 544 g/mol. The third kappa shape index (κ3) is 6.40. The Labute approximate surface area is 232 Å². The summed E-state index contributed by atoms with van der Waals surface area (Å²) < 4.78 is 55.1. The van der Waals surface area contributed by atoms with E-state index in [9.17, 15) is 32.4 Å². The number of benzene rings is 1. The summed E-state index contributed by atoms with van der Waals surface area (Å²) in [5, 5.41) is 20.6. The van der Waals surface area contributed by atoms with Crippen molar-refractivity contribution in [3.05, 3.63) is 53.6 Å². The first-order valence-corrected chi connectivity index (χ1v) is 13.2. The molecule has 0 bridgehead atoms. The number of hydrogen-bond acceptors (Lipinski definition) is 6. The lowest BCUT2D eigenvalue weighted by atomic mass is 9.84. The second-order valence-electron chi connectivity index (χ2n) is 10.6. The molecule has 1 aliphatic carbocycles. The fourth-order valence-electron chi connectivity index (χ4n) is 5.12. The van der Waals surface area contributed by atoms with Gasteiger partial charge in [0.15, 0.2) is 5.82 Å². The number of halogens is 4. The zero-order valence-corrected chi connectivity index (χ0v) is 22.0. The Hall–Kier alpha value is -4.25. The highest BCUT2D eigenvalue weighted by Crippen LogP contribution is 2.36. The average Bonchev–Trinajstić information content (AvgIpc) is 3.52. The number of nitrogens with zero attached hydrogens (tertiary/aromatic N) is 6. The highest BCUT2D eigenvalue weighted by atomic mass is 19.4. The van der Waals surface area contributed by atoms with Gasteiger partial charge in [0, 0.05) is 43.5 Å². The van der Waals surface area contributed by atoms with Gasteiger partial charge in [-0.3, -0.25) is 23.9 Å². The maximum Gasteiger partial charge on any atom is 0.408 e. The predicted molar refractivity (Wildman–Crippen MR) is 138 cm³/mol. The molecule has 1 aromatic carbocycles. The molecule has 3 aromatic rings. The number of nitrogens with two attached hydrogens (primary N) is 1. The third-order valence-corrected chi connectivity index (χ3v) is 7.55. The highest BCUT2D eigenvalue weighted by molar-refractivity contribution is 6.02. The molecule has 2 aliphatic rings. The minimum Gasteiger partial charge on any atom is -0.365 e. The molecule has 2 fully saturated rings. The number of amides is 2. The van der Waals surface area contributed by atoms with Crippen LogP contribution in [0.3, 0.4) is 0 Å². The van der Waals surface area contributed by atoms with Crippen LogP contribution in [-0.4, -0.2) is 55.5 Å². The number of nitrogens with one attached hydrogen (secondary N) is 1. The van der Waals surface area contributed by atoms with Gasteiger partial charge in [-0.2, -0.15) is 28.6 Å². The first kappa shape index (κ1) is 28.3. The van der Waals surface area contributed by atoms with Crippen molar-refractivity contribution in [1.29, 1.82) is 5.26 Å². The molecule has 1 saturated carbocycles. The number of carbonyl (C=O) groups is 2. The van der Waals surface area contributed by atoms with Crippen LogP contribution in [-0.2, 0) is 23.4 Å². The molecular formula is C27H28F4N8O2. The highest BCUT2D eigenvalue weighted by Gasteiger charge is 2.39. The normalized spacial score (nSPS) is 17.2. The van der Waals surface area contributed by atoms with Crippen LogP contribution in [0.2, 0.25) is 0 Å². The van der Waals surface area contributed by atoms with Crippen molar-refractivity contribution in [3.8, 4) is 17.3 Å². The number of anilines is 1. The fourth-order valence-corrected chi connectivity index (χ4v) is 5.12. The monoisotopic (exact) mass is 572 g/mol.